The summed E-state index contributed by atoms with van der Waals surface area (Å²) in [6, 6.07) is 7.15. The van der Waals surface area contributed by atoms with Gasteiger partial charge in [0.1, 0.15) is 12.6 Å². The number of furan rings is 1. The van der Waals surface area contributed by atoms with Crippen LogP contribution in [0.3, 0.4) is 0 Å². The molecule has 0 atom stereocenters. The number of aliphatic hydroxyl groups is 1. The van der Waals surface area contributed by atoms with E-state index in [0.29, 0.717) is 23.1 Å². The highest BCUT2D eigenvalue weighted by Crippen LogP contribution is 2.18. The molecule has 0 amide bonds. The zero-order valence-electron chi connectivity index (χ0n) is 13.4. The normalized spacial score (nSPS) is 11.5. The number of nitrogens with one attached hydrogen (secondary N) is 1. The minimum absolute atomic E-state index is 0.00156. The molecule has 7 heteroatoms. The Morgan fingerprint density at radius 3 is 2.64 bits per heavy atom. The summed E-state index contributed by atoms with van der Waals surface area (Å²) in [4.78, 5) is 27.4. The summed E-state index contributed by atoms with van der Waals surface area (Å²) in [5.74, 6) is -0.702. The number of rotatable bonds is 6. The molecule has 0 unspecified atom stereocenters. The minimum Gasteiger partial charge on any atom is -0.504 e. The number of aromatic nitrogens is 3. The fourth-order valence-electron chi connectivity index (χ4n) is 2.35. The number of H-pyrrole nitrogens is 1. The van der Waals surface area contributed by atoms with Crippen molar-refractivity contribution in [3.8, 4) is 0 Å². The van der Waals surface area contributed by atoms with Crippen LogP contribution in [-0.4, -0.2) is 31.9 Å². The van der Waals surface area contributed by atoms with Gasteiger partial charge in [-0.15, -0.1) is 0 Å². The van der Waals surface area contributed by atoms with Crippen LogP contribution in [0.1, 0.15) is 44.6 Å². The Morgan fingerprint density at radius 1 is 1.24 bits per heavy atom. The number of Topliss-reactive ketones (excluding diaryl/α,β-unsaturated/α-hetero) is 1. The second kappa shape index (κ2) is 6.96. The van der Waals surface area contributed by atoms with E-state index in [9.17, 15) is 14.7 Å². The number of hydrogen-bond donors (Lipinski definition) is 2. The molecule has 3 rings (SSSR count). The summed E-state index contributed by atoms with van der Waals surface area (Å²) < 4.78 is 5.15. The molecule has 0 bridgehead atoms. The van der Waals surface area contributed by atoms with Gasteiger partial charge < -0.3 is 9.52 Å². The summed E-state index contributed by atoms with van der Waals surface area (Å²) in [7, 11) is 0. The van der Waals surface area contributed by atoms with Gasteiger partial charge in [-0.25, -0.2) is 4.98 Å². The lowest BCUT2D eigenvalue weighted by Gasteiger charge is -2.03. The summed E-state index contributed by atoms with van der Waals surface area (Å²) in [5.41, 5.74) is 2.59. The predicted molar refractivity (Wildman–Crippen MR) is 89.3 cm³/mol. The molecular weight excluding hydrogens is 322 g/mol. The van der Waals surface area contributed by atoms with Crippen LogP contribution in [0.15, 0.2) is 53.6 Å². The molecule has 0 saturated carbocycles. The molecule has 2 aromatic heterocycles. The van der Waals surface area contributed by atoms with E-state index in [0.717, 1.165) is 11.6 Å². The molecule has 0 aliphatic heterocycles. The smallest absolute Gasteiger partial charge is 0.215 e. The number of carbonyl (C=O) groups excluding carboxylic acids is 2. The summed E-state index contributed by atoms with van der Waals surface area (Å²) in [6.45, 7) is 1.51. The molecule has 7 nitrogen and oxygen atoms in total. The molecular formula is C18H15N3O4. The fraction of sp³-hybridized carbons (Fsp3) is 0.111. The quantitative estimate of drug-likeness (QED) is 0.406. The lowest BCUT2D eigenvalue weighted by atomic mass is 10.00. The predicted octanol–water partition coefficient (Wildman–Crippen LogP) is 2.97. The molecule has 2 N–H and O–H groups in total. The van der Waals surface area contributed by atoms with Crippen molar-refractivity contribution in [3.05, 3.63) is 77.3 Å². The number of ketones is 2. The van der Waals surface area contributed by atoms with Gasteiger partial charge in [-0.3, -0.25) is 14.7 Å². The van der Waals surface area contributed by atoms with Crippen LogP contribution in [0.2, 0.25) is 0 Å². The van der Waals surface area contributed by atoms with Gasteiger partial charge in [0.05, 0.1) is 11.8 Å². The summed E-state index contributed by atoms with van der Waals surface area (Å²) >= 11 is 0. The molecule has 0 saturated heterocycles. The van der Waals surface area contributed by atoms with Crippen LogP contribution in [0.25, 0.3) is 5.76 Å². The van der Waals surface area contributed by atoms with Crippen molar-refractivity contribution in [2.24, 2.45) is 0 Å². The van der Waals surface area contributed by atoms with E-state index in [4.69, 9.17) is 4.42 Å². The number of nitrogens with zero attached hydrogens (tertiary/aromatic N) is 2. The van der Waals surface area contributed by atoms with E-state index < -0.39 is 5.78 Å². The molecule has 0 fully saturated rings. The average molecular weight is 337 g/mol. The van der Waals surface area contributed by atoms with Gasteiger partial charge in [0, 0.05) is 23.6 Å². The highest BCUT2D eigenvalue weighted by atomic mass is 16.3. The first-order chi connectivity index (χ1) is 12.0. The van der Waals surface area contributed by atoms with E-state index in [1.54, 1.807) is 12.1 Å². The zero-order chi connectivity index (χ0) is 17.8. The van der Waals surface area contributed by atoms with E-state index in [2.05, 4.69) is 15.2 Å². The molecule has 25 heavy (non-hydrogen) atoms. The van der Waals surface area contributed by atoms with Crippen LogP contribution in [0.5, 0.6) is 0 Å². The molecule has 126 valence electrons. The van der Waals surface area contributed by atoms with E-state index >= 15 is 0 Å². The fourth-order valence-corrected chi connectivity index (χ4v) is 2.35. The minimum atomic E-state index is -0.411. The standard InChI is InChI=1S/C18H15N3O4/c1-11(22)13-4-2-12(3-5-13)6-14-8-25-9-15(14)16(23)7-17(24)18-19-10-20-21-18/h2-5,7-10,24H,6H2,1H3,(H,19,20,21). The first-order valence-corrected chi connectivity index (χ1v) is 7.50. The number of hydrogen-bond acceptors (Lipinski definition) is 6. The number of allylic oxidation sites excluding steroid dienone is 1. The second-order valence-electron chi connectivity index (χ2n) is 5.46. The summed E-state index contributed by atoms with van der Waals surface area (Å²) in [6.07, 6.45) is 5.65. The number of aliphatic hydroxyl groups excluding tert-OH is 1. The van der Waals surface area contributed by atoms with Crippen molar-refractivity contribution in [1.82, 2.24) is 15.2 Å². The SMILES string of the molecule is CC(=O)c1ccc(Cc2cocc2C(=O)C=C(O)c2nc[nH]n2)cc1. The third-order valence-corrected chi connectivity index (χ3v) is 3.67. The van der Waals surface area contributed by atoms with Crippen LogP contribution >= 0.6 is 0 Å². The van der Waals surface area contributed by atoms with Crippen molar-refractivity contribution in [3.63, 3.8) is 0 Å². The first-order valence-electron chi connectivity index (χ1n) is 7.50. The molecule has 0 aliphatic carbocycles. The summed E-state index contributed by atoms with van der Waals surface area (Å²) in [5, 5.41) is 16.0. The zero-order valence-corrected chi connectivity index (χ0v) is 13.4. The maximum atomic E-state index is 12.4. The Morgan fingerprint density at radius 2 is 2.00 bits per heavy atom. The largest absolute Gasteiger partial charge is 0.504 e. The highest BCUT2D eigenvalue weighted by molar-refractivity contribution is 6.08. The topological polar surface area (TPSA) is 109 Å². The monoisotopic (exact) mass is 337 g/mol. The van der Waals surface area contributed by atoms with Crippen molar-refractivity contribution in [2.45, 2.75) is 13.3 Å². The van der Waals surface area contributed by atoms with Gasteiger partial charge >= 0.3 is 0 Å². The van der Waals surface area contributed by atoms with Gasteiger partial charge in [0.15, 0.2) is 17.3 Å². The maximum Gasteiger partial charge on any atom is 0.215 e. The van der Waals surface area contributed by atoms with Gasteiger partial charge in [0.2, 0.25) is 5.82 Å². The Hall–Kier alpha value is -3.48. The second-order valence-corrected chi connectivity index (χ2v) is 5.46. The third-order valence-electron chi connectivity index (χ3n) is 3.67. The average Bonchev–Trinajstić information content (AvgIpc) is 3.27. The molecule has 0 spiro atoms. The van der Waals surface area contributed by atoms with Crippen LogP contribution in [0.4, 0.5) is 0 Å². The Kier molecular flexibility index (Phi) is 4.56. The molecule has 1 aromatic carbocycles. The van der Waals surface area contributed by atoms with Gasteiger partial charge in [-0.05, 0) is 12.5 Å². The van der Waals surface area contributed by atoms with Crippen molar-refractivity contribution < 1.29 is 19.1 Å². The van der Waals surface area contributed by atoms with Crippen LogP contribution in [-0.2, 0) is 6.42 Å². The van der Waals surface area contributed by atoms with Crippen molar-refractivity contribution >= 4 is 17.3 Å². The number of benzene rings is 1. The number of carbonyl (C=O) groups is 2. The molecule has 2 heterocycles. The highest BCUT2D eigenvalue weighted by Gasteiger charge is 2.15. The van der Waals surface area contributed by atoms with E-state index in [-0.39, 0.29) is 17.4 Å². The van der Waals surface area contributed by atoms with Crippen molar-refractivity contribution in [2.75, 3.05) is 0 Å². The number of aromatic amines is 1. The Bertz CT molecular complexity index is 922. The molecule has 3 aromatic rings. The van der Waals surface area contributed by atoms with Crippen LogP contribution < -0.4 is 0 Å². The molecule has 0 radical (unpaired) electrons. The molecule has 0 aliphatic rings. The van der Waals surface area contributed by atoms with E-state index in [1.807, 2.05) is 12.1 Å². The maximum absolute atomic E-state index is 12.4. The Labute approximate surface area is 143 Å². The van der Waals surface area contributed by atoms with Gasteiger partial charge in [-0.1, -0.05) is 24.3 Å². The first kappa shape index (κ1) is 16.4. The third kappa shape index (κ3) is 3.72. The van der Waals surface area contributed by atoms with Gasteiger partial charge in [-0.2, -0.15) is 5.10 Å². The lowest BCUT2D eigenvalue weighted by Crippen LogP contribution is -2.01. The van der Waals surface area contributed by atoms with E-state index in [1.165, 1.54) is 25.8 Å². The lowest BCUT2D eigenvalue weighted by molar-refractivity contribution is 0.101. The Balaban J connectivity index is 1.79. The van der Waals surface area contributed by atoms with Crippen molar-refractivity contribution in [1.29, 1.82) is 0 Å². The van der Waals surface area contributed by atoms with Crippen LogP contribution in [0, 0.1) is 0 Å². The van der Waals surface area contributed by atoms with Gasteiger partial charge in [0.25, 0.3) is 0 Å².